The molecule has 0 aliphatic carbocycles. The molecule has 1 amide bonds. The van der Waals surface area contributed by atoms with Crippen molar-refractivity contribution in [2.75, 3.05) is 30.3 Å². The minimum absolute atomic E-state index is 0.138. The van der Waals surface area contributed by atoms with E-state index in [9.17, 15) is 13.2 Å². The molecular weight excluding hydrogens is 435 g/mol. The van der Waals surface area contributed by atoms with Crippen LogP contribution in [0.4, 0.5) is 5.69 Å². The van der Waals surface area contributed by atoms with Gasteiger partial charge in [0.1, 0.15) is 18.9 Å². The topological polar surface area (TPSA) is 75.7 Å². The van der Waals surface area contributed by atoms with Crippen LogP contribution >= 0.6 is 34.8 Å². The number of nitrogens with zero attached hydrogens (tertiary/aromatic N) is 1. The van der Waals surface area contributed by atoms with Crippen LogP contribution in [0.1, 0.15) is 0 Å². The average Bonchev–Trinajstić information content (AvgIpc) is 2.59. The van der Waals surface area contributed by atoms with E-state index in [0.29, 0.717) is 15.8 Å². The van der Waals surface area contributed by atoms with Crippen LogP contribution in [-0.2, 0) is 14.8 Å². The molecule has 0 heterocycles. The summed E-state index contributed by atoms with van der Waals surface area (Å²) in [5.74, 6) is 0.105. The van der Waals surface area contributed by atoms with E-state index in [0.717, 1.165) is 10.6 Å². The van der Waals surface area contributed by atoms with E-state index in [4.69, 9.17) is 39.5 Å². The summed E-state index contributed by atoms with van der Waals surface area (Å²) in [5, 5.41) is 3.67. The highest BCUT2D eigenvalue weighted by Crippen LogP contribution is 2.30. The number of hydrogen-bond donors (Lipinski definition) is 1. The first kappa shape index (κ1) is 21.6. The van der Waals surface area contributed by atoms with Crippen molar-refractivity contribution in [2.45, 2.75) is 0 Å². The summed E-state index contributed by atoms with van der Waals surface area (Å²) in [6, 6.07) is 11.2. The zero-order chi connectivity index (χ0) is 20.0. The normalized spacial score (nSPS) is 11.1. The SMILES string of the molecule is CS(=O)(=O)N(CC(=O)NCCOc1ccc(Cl)cc1)c1cc(Cl)ccc1Cl. The third-order valence-electron chi connectivity index (χ3n) is 3.37. The Bertz CT molecular complexity index is 905. The fourth-order valence-corrected chi connectivity index (χ4v) is 3.56. The van der Waals surface area contributed by atoms with Crippen molar-refractivity contribution < 1.29 is 17.9 Å². The summed E-state index contributed by atoms with van der Waals surface area (Å²) in [7, 11) is -3.74. The minimum atomic E-state index is -3.74. The molecule has 0 bridgehead atoms. The second kappa shape index (κ2) is 9.50. The first-order chi connectivity index (χ1) is 12.7. The Morgan fingerprint density at radius 2 is 1.70 bits per heavy atom. The predicted molar refractivity (Wildman–Crippen MR) is 109 cm³/mol. The first-order valence-corrected chi connectivity index (χ1v) is 10.7. The lowest BCUT2D eigenvalue weighted by Gasteiger charge is -2.23. The fraction of sp³-hybridized carbons (Fsp3) is 0.235. The van der Waals surface area contributed by atoms with Gasteiger partial charge in [0.2, 0.25) is 15.9 Å². The van der Waals surface area contributed by atoms with Gasteiger partial charge in [0.15, 0.2) is 0 Å². The molecule has 2 aromatic carbocycles. The Labute approximate surface area is 173 Å². The third kappa shape index (κ3) is 6.77. The van der Waals surface area contributed by atoms with Gasteiger partial charge in [0, 0.05) is 10.0 Å². The second-order valence-corrected chi connectivity index (χ2v) is 8.70. The maximum atomic E-state index is 12.2. The molecule has 146 valence electrons. The molecule has 10 heteroatoms. The lowest BCUT2D eigenvalue weighted by molar-refractivity contribution is -0.119. The smallest absolute Gasteiger partial charge is 0.240 e. The van der Waals surface area contributed by atoms with Crippen LogP contribution in [0.25, 0.3) is 0 Å². The predicted octanol–water partition coefficient (Wildman–Crippen LogP) is 3.61. The number of sulfonamides is 1. The van der Waals surface area contributed by atoms with Gasteiger partial charge >= 0.3 is 0 Å². The van der Waals surface area contributed by atoms with Crippen LogP contribution in [0.2, 0.25) is 15.1 Å². The van der Waals surface area contributed by atoms with Crippen LogP contribution in [-0.4, -0.2) is 40.3 Å². The Morgan fingerprint density at radius 1 is 1.07 bits per heavy atom. The molecule has 0 fully saturated rings. The largest absolute Gasteiger partial charge is 0.492 e. The van der Waals surface area contributed by atoms with Crippen molar-refractivity contribution in [1.29, 1.82) is 0 Å². The summed E-state index contributed by atoms with van der Waals surface area (Å²) >= 11 is 17.8. The number of halogens is 3. The monoisotopic (exact) mass is 450 g/mol. The molecule has 0 unspecified atom stereocenters. The molecule has 0 saturated heterocycles. The number of carbonyl (C=O) groups excluding carboxylic acids is 1. The van der Waals surface area contributed by atoms with Crippen LogP contribution < -0.4 is 14.4 Å². The number of hydrogen-bond acceptors (Lipinski definition) is 4. The summed E-state index contributed by atoms with van der Waals surface area (Å²) in [4.78, 5) is 12.2. The van der Waals surface area contributed by atoms with Gasteiger partial charge in [-0.05, 0) is 42.5 Å². The lowest BCUT2D eigenvalue weighted by atomic mass is 10.3. The molecule has 0 spiro atoms. The maximum Gasteiger partial charge on any atom is 0.240 e. The summed E-state index contributed by atoms with van der Waals surface area (Å²) < 4.78 is 30.5. The van der Waals surface area contributed by atoms with Crippen molar-refractivity contribution >= 4 is 56.4 Å². The van der Waals surface area contributed by atoms with E-state index >= 15 is 0 Å². The molecule has 0 radical (unpaired) electrons. The van der Waals surface area contributed by atoms with Crippen LogP contribution in [0.5, 0.6) is 5.75 Å². The van der Waals surface area contributed by atoms with Crippen molar-refractivity contribution in [3.63, 3.8) is 0 Å². The zero-order valence-electron chi connectivity index (χ0n) is 14.3. The highest BCUT2D eigenvalue weighted by molar-refractivity contribution is 7.92. The van der Waals surface area contributed by atoms with Gasteiger partial charge in [-0.2, -0.15) is 0 Å². The van der Waals surface area contributed by atoms with Gasteiger partial charge in [0.25, 0.3) is 0 Å². The van der Waals surface area contributed by atoms with E-state index in [2.05, 4.69) is 5.32 Å². The lowest BCUT2D eigenvalue weighted by Crippen LogP contribution is -2.41. The van der Waals surface area contributed by atoms with Crippen LogP contribution in [0.15, 0.2) is 42.5 Å². The molecule has 2 aromatic rings. The number of anilines is 1. The van der Waals surface area contributed by atoms with Gasteiger partial charge in [-0.25, -0.2) is 8.42 Å². The average molecular weight is 452 g/mol. The molecule has 0 aliphatic rings. The Balaban J connectivity index is 1.94. The zero-order valence-corrected chi connectivity index (χ0v) is 17.4. The summed E-state index contributed by atoms with van der Waals surface area (Å²) in [5.41, 5.74) is 0.138. The number of rotatable bonds is 8. The van der Waals surface area contributed by atoms with Crippen LogP contribution in [0, 0.1) is 0 Å². The van der Waals surface area contributed by atoms with E-state index < -0.39 is 22.5 Å². The van der Waals surface area contributed by atoms with Gasteiger partial charge in [-0.3, -0.25) is 9.10 Å². The van der Waals surface area contributed by atoms with Gasteiger partial charge < -0.3 is 10.1 Å². The number of amides is 1. The molecule has 0 aromatic heterocycles. The molecule has 0 saturated carbocycles. The van der Waals surface area contributed by atoms with Crippen molar-refractivity contribution in [1.82, 2.24) is 5.32 Å². The molecule has 27 heavy (non-hydrogen) atoms. The van der Waals surface area contributed by atoms with Gasteiger partial charge in [-0.1, -0.05) is 34.8 Å². The maximum absolute atomic E-state index is 12.2. The van der Waals surface area contributed by atoms with Crippen molar-refractivity contribution in [3.8, 4) is 5.75 Å². The molecular formula is C17H17Cl3N2O4S. The van der Waals surface area contributed by atoms with E-state index in [-0.39, 0.29) is 23.9 Å². The quantitative estimate of drug-likeness (QED) is 0.622. The molecule has 0 aliphatic heterocycles. The third-order valence-corrected chi connectivity index (χ3v) is 5.30. The van der Waals surface area contributed by atoms with Crippen LogP contribution in [0.3, 0.4) is 0 Å². The van der Waals surface area contributed by atoms with Gasteiger partial charge in [-0.15, -0.1) is 0 Å². The molecule has 2 rings (SSSR count). The number of ether oxygens (including phenoxy) is 1. The van der Waals surface area contributed by atoms with E-state index in [1.165, 1.54) is 18.2 Å². The standard InChI is InChI=1S/C17H17Cl3N2O4S/c1-27(24,25)22(16-10-13(19)4-7-15(16)20)11-17(23)21-8-9-26-14-5-2-12(18)3-6-14/h2-7,10H,8-9,11H2,1H3,(H,21,23). The Morgan fingerprint density at radius 3 is 2.33 bits per heavy atom. The Kier molecular flexibility index (Phi) is 7.61. The summed E-state index contributed by atoms with van der Waals surface area (Å²) in [6.07, 6.45) is 0.987. The van der Waals surface area contributed by atoms with Gasteiger partial charge in [0.05, 0.1) is 23.5 Å². The summed E-state index contributed by atoms with van der Waals surface area (Å²) in [6.45, 7) is -0.0215. The van der Waals surface area contributed by atoms with Crippen molar-refractivity contribution in [3.05, 3.63) is 57.5 Å². The highest BCUT2D eigenvalue weighted by atomic mass is 35.5. The van der Waals surface area contributed by atoms with Crippen molar-refractivity contribution in [2.24, 2.45) is 0 Å². The Hall–Kier alpha value is -1.67. The fourth-order valence-electron chi connectivity index (χ4n) is 2.13. The molecule has 0 atom stereocenters. The number of benzene rings is 2. The first-order valence-electron chi connectivity index (χ1n) is 7.74. The number of nitrogens with one attached hydrogen (secondary N) is 1. The minimum Gasteiger partial charge on any atom is -0.492 e. The molecule has 6 nitrogen and oxygen atoms in total. The second-order valence-electron chi connectivity index (χ2n) is 5.52. The molecule has 1 N–H and O–H groups in total. The van der Waals surface area contributed by atoms with E-state index in [1.807, 2.05) is 0 Å². The highest BCUT2D eigenvalue weighted by Gasteiger charge is 2.23. The number of carbonyl (C=O) groups is 1. The van der Waals surface area contributed by atoms with E-state index in [1.54, 1.807) is 24.3 Å².